The number of rotatable bonds is 2. The predicted molar refractivity (Wildman–Crippen MR) is 48.7 cm³/mol. The van der Waals surface area contributed by atoms with Crippen LogP contribution >= 0.6 is 0 Å². The number of hydrogen-bond donors (Lipinski definition) is 1. The van der Waals surface area contributed by atoms with Crippen molar-refractivity contribution in [2.75, 3.05) is 0 Å². The Hall–Kier alpha value is -0.890. The molecule has 3 unspecified atom stereocenters. The standard InChI is InChI=1S/C10H14N2/c1-7(11)9-6-10(9)8-2-4-12-5-3-8/h2-5,7,9-10H,6,11H2,1H3. The van der Waals surface area contributed by atoms with Crippen LogP contribution in [0.25, 0.3) is 0 Å². The lowest BCUT2D eigenvalue weighted by Crippen LogP contribution is -2.17. The van der Waals surface area contributed by atoms with Gasteiger partial charge >= 0.3 is 0 Å². The first kappa shape index (κ1) is 7.74. The number of aromatic nitrogens is 1. The molecule has 0 saturated heterocycles. The maximum absolute atomic E-state index is 5.81. The molecule has 0 spiro atoms. The van der Waals surface area contributed by atoms with Crippen LogP contribution in [0.1, 0.15) is 24.8 Å². The molecular formula is C10H14N2. The zero-order chi connectivity index (χ0) is 8.55. The van der Waals surface area contributed by atoms with Crippen LogP contribution in [0.5, 0.6) is 0 Å². The quantitative estimate of drug-likeness (QED) is 0.716. The summed E-state index contributed by atoms with van der Waals surface area (Å²) in [6, 6.07) is 4.52. The fraction of sp³-hybridized carbons (Fsp3) is 0.500. The lowest BCUT2D eigenvalue weighted by Gasteiger charge is -2.02. The van der Waals surface area contributed by atoms with Crippen LogP contribution in [-0.4, -0.2) is 11.0 Å². The number of hydrogen-bond acceptors (Lipinski definition) is 2. The summed E-state index contributed by atoms with van der Waals surface area (Å²) in [4.78, 5) is 3.99. The largest absolute Gasteiger partial charge is 0.328 e. The molecule has 12 heavy (non-hydrogen) atoms. The molecular weight excluding hydrogens is 148 g/mol. The van der Waals surface area contributed by atoms with Crippen molar-refractivity contribution in [3.8, 4) is 0 Å². The lowest BCUT2D eigenvalue weighted by atomic mass is 10.1. The summed E-state index contributed by atoms with van der Waals surface area (Å²) in [5, 5.41) is 0. The average molecular weight is 162 g/mol. The highest BCUT2D eigenvalue weighted by molar-refractivity contribution is 5.24. The van der Waals surface area contributed by atoms with E-state index in [9.17, 15) is 0 Å². The monoisotopic (exact) mass is 162 g/mol. The smallest absolute Gasteiger partial charge is 0.0270 e. The van der Waals surface area contributed by atoms with Crippen molar-refractivity contribution >= 4 is 0 Å². The topological polar surface area (TPSA) is 38.9 Å². The van der Waals surface area contributed by atoms with Gasteiger partial charge < -0.3 is 5.73 Å². The van der Waals surface area contributed by atoms with Gasteiger partial charge in [-0.15, -0.1) is 0 Å². The van der Waals surface area contributed by atoms with Crippen molar-refractivity contribution in [3.63, 3.8) is 0 Å². The summed E-state index contributed by atoms with van der Waals surface area (Å²) in [5.41, 5.74) is 7.21. The third-order valence-corrected chi connectivity index (χ3v) is 2.65. The van der Waals surface area contributed by atoms with Crippen molar-refractivity contribution in [1.29, 1.82) is 0 Å². The molecule has 2 N–H and O–H groups in total. The zero-order valence-corrected chi connectivity index (χ0v) is 7.27. The maximum Gasteiger partial charge on any atom is 0.0270 e. The molecule has 0 bridgehead atoms. The first-order valence-electron chi connectivity index (χ1n) is 4.44. The van der Waals surface area contributed by atoms with Crippen molar-refractivity contribution in [2.24, 2.45) is 11.7 Å². The third-order valence-electron chi connectivity index (χ3n) is 2.65. The molecule has 1 heterocycles. The Morgan fingerprint density at radius 3 is 2.67 bits per heavy atom. The minimum absolute atomic E-state index is 0.336. The lowest BCUT2D eigenvalue weighted by molar-refractivity contribution is 0.631. The van der Waals surface area contributed by atoms with E-state index in [1.807, 2.05) is 12.4 Å². The van der Waals surface area contributed by atoms with Crippen LogP contribution in [0.4, 0.5) is 0 Å². The molecule has 0 aliphatic heterocycles. The Morgan fingerprint density at radius 1 is 1.50 bits per heavy atom. The normalized spacial score (nSPS) is 29.8. The molecule has 1 aromatic heterocycles. The van der Waals surface area contributed by atoms with E-state index in [1.165, 1.54) is 12.0 Å². The van der Waals surface area contributed by atoms with E-state index in [2.05, 4.69) is 24.0 Å². The van der Waals surface area contributed by atoms with Gasteiger partial charge in [-0.25, -0.2) is 0 Å². The molecule has 0 amide bonds. The number of nitrogens with zero attached hydrogens (tertiary/aromatic N) is 1. The van der Waals surface area contributed by atoms with Crippen LogP contribution in [0.2, 0.25) is 0 Å². The highest BCUT2D eigenvalue weighted by Gasteiger charge is 2.40. The van der Waals surface area contributed by atoms with Gasteiger partial charge in [0.05, 0.1) is 0 Å². The molecule has 0 radical (unpaired) electrons. The van der Waals surface area contributed by atoms with E-state index in [-0.39, 0.29) is 0 Å². The van der Waals surface area contributed by atoms with Gasteiger partial charge in [0, 0.05) is 18.4 Å². The molecule has 2 heteroatoms. The van der Waals surface area contributed by atoms with Crippen molar-refractivity contribution in [1.82, 2.24) is 4.98 Å². The SMILES string of the molecule is CC(N)C1CC1c1ccncc1. The summed E-state index contributed by atoms with van der Waals surface area (Å²) in [7, 11) is 0. The van der Waals surface area contributed by atoms with Crippen molar-refractivity contribution in [3.05, 3.63) is 30.1 Å². The fourth-order valence-electron chi connectivity index (χ4n) is 1.79. The first-order valence-corrected chi connectivity index (χ1v) is 4.44. The van der Waals surface area contributed by atoms with Crippen LogP contribution in [-0.2, 0) is 0 Å². The van der Waals surface area contributed by atoms with Gasteiger partial charge in [-0.2, -0.15) is 0 Å². The van der Waals surface area contributed by atoms with Gasteiger partial charge in [-0.3, -0.25) is 4.98 Å². The van der Waals surface area contributed by atoms with Gasteiger partial charge in [0.1, 0.15) is 0 Å². The molecule has 64 valence electrons. The molecule has 2 rings (SSSR count). The minimum atomic E-state index is 0.336. The molecule has 1 saturated carbocycles. The molecule has 1 aromatic rings. The Labute approximate surface area is 72.8 Å². The summed E-state index contributed by atoms with van der Waals surface area (Å²) in [6.45, 7) is 2.09. The average Bonchev–Trinajstić information content (AvgIpc) is 2.84. The molecule has 0 aromatic carbocycles. The molecule has 3 atom stereocenters. The Morgan fingerprint density at radius 2 is 2.17 bits per heavy atom. The highest BCUT2D eigenvalue weighted by atomic mass is 14.7. The Bertz CT molecular complexity index is 256. The van der Waals surface area contributed by atoms with Crippen LogP contribution in [0, 0.1) is 5.92 Å². The molecule has 1 aliphatic carbocycles. The number of nitrogens with two attached hydrogens (primary N) is 1. The van der Waals surface area contributed by atoms with Crippen molar-refractivity contribution < 1.29 is 0 Å². The van der Waals surface area contributed by atoms with Crippen LogP contribution in [0.3, 0.4) is 0 Å². The van der Waals surface area contributed by atoms with E-state index in [0.29, 0.717) is 17.9 Å². The van der Waals surface area contributed by atoms with Gasteiger partial charge in [-0.1, -0.05) is 0 Å². The second-order valence-electron chi connectivity index (χ2n) is 3.65. The predicted octanol–water partition coefficient (Wildman–Crippen LogP) is 1.53. The van der Waals surface area contributed by atoms with Crippen LogP contribution < -0.4 is 5.73 Å². The van der Waals surface area contributed by atoms with Gasteiger partial charge in [0.2, 0.25) is 0 Å². The Balaban J connectivity index is 2.06. The minimum Gasteiger partial charge on any atom is -0.328 e. The summed E-state index contributed by atoms with van der Waals surface area (Å²) >= 11 is 0. The Kier molecular flexibility index (Phi) is 1.85. The summed E-state index contributed by atoms with van der Waals surface area (Å²) in [5.74, 6) is 1.40. The highest BCUT2D eigenvalue weighted by Crippen LogP contribution is 2.48. The van der Waals surface area contributed by atoms with E-state index in [1.54, 1.807) is 0 Å². The van der Waals surface area contributed by atoms with E-state index >= 15 is 0 Å². The van der Waals surface area contributed by atoms with E-state index in [4.69, 9.17) is 5.73 Å². The van der Waals surface area contributed by atoms with Gasteiger partial charge in [-0.05, 0) is 42.9 Å². The fourth-order valence-corrected chi connectivity index (χ4v) is 1.79. The van der Waals surface area contributed by atoms with Gasteiger partial charge in [0.15, 0.2) is 0 Å². The molecule has 1 fully saturated rings. The van der Waals surface area contributed by atoms with Crippen molar-refractivity contribution in [2.45, 2.75) is 25.3 Å². The zero-order valence-electron chi connectivity index (χ0n) is 7.27. The molecule has 2 nitrogen and oxygen atoms in total. The van der Waals surface area contributed by atoms with E-state index in [0.717, 1.165) is 0 Å². The summed E-state index contributed by atoms with van der Waals surface area (Å²) < 4.78 is 0. The van der Waals surface area contributed by atoms with Gasteiger partial charge in [0.25, 0.3) is 0 Å². The molecule has 1 aliphatic rings. The van der Waals surface area contributed by atoms with Crippen LogP contribution in [0.15, 0.2) is 24.5 Å². The number of pyridine rings is 1. The second kappa shape index (κ2) is 2.87. The maximum atomic E-state index is 5.81. The first-order chi connectivity index (χ1) is 5.79. The summed E-state index contributed by atoms with van der Waals surface area (Å²) in [6.07, 6.45) is 4.96. The third kappa shape index (κ3) is 1.34. The second-order valence-corrected chi connectivity index (χ2v) is 3.65. The van der Waals surface area contributed by atoms with E-state index < -0.39 is 0 Å².